The molecule has 0 spiro atoms. The number of para-hydroxylation sites is 1. The Morgan fingerprint density at radius 1 is 0.714 bits per heavy atom. The molecule has 5 rings (SSSR count). The molecular weight excluding hydrogens is 997 g/mol. The van der Waals surface area contributed by atoms with Crippen molar-refractivity contribution in [1.82, 2.24) is 68.1 Å². The topological polar surface area (TPSA) is 444 Å². The normalized spacial score (nSPS) is 20.8. The maximum atomic E-state index is 14.7. The highest BCUT2D eigenvalue weighted by Gasteiger charge is 2.35. The van der Waals surface area contributed by atoms with Crippen LogP contribution in [0.15, 0.2) is 73.3 Å². The van der Waals surface area contributed by atoms with Crippen molar-refractivity contribution in [3.05, 3.63) is 90.1 Å². The monoisotopic (exact) mass is 1070 g/mol. The first-order chi connectivity index (χ1) is 36.9. The second-order valence-electron chi connectivity index (χ2n) is 18.6. The third-order valence-electron chi connectivity index (χ3n) is 12.5. The summed E-state index contributed by atoms with van der Waals surface area (Å²) in [5.74, 6) is -7.85. The molecule has 0 radical (unpaired) electrons. The van der Waals surface area contributed by atoms with Crippen LogP contribution in [0.2, 0.25) is 0 Å². The Kier molecular flexibility index (Phi) is 22.7. The lowest BCUT2D eigenvalue weighted by Gasteiger charge is -2.28. The number of carbonyl (C=O) groups excluding carboxylic acids is 9. The van der Waals surface area contributed by atoms with Gasteiger partial charge in [-0.05, 0) is 62.1 Å². The zero-order valence-corrected chi connectivity index (χ0v) is 42.7. The Labute approximate surface area is 443 Å². The van der Waals surface area contributed by atoms with Gasteiger partial charge in [0.05, 0.1) is 18.4 Å². The molecule has 77 heavy (non-hydrogen) atoms. The van der Waals surface area contributed by atoms with Gasteiger partial charge in [-0.25, -0.2) is 4.98 Å². The number of aromatic amines is 2. The smallest absolute Gasteiger partial charge is 0.243 e. The highest BCUT2D eigenvalue weighted by molar-refractivity contribution is 5.98. The highest BCUT2D eigenvalue weighted by atomic mass is 16.2. The molecule has 27 nitrogen and oxygen atoms in total. The predicted octanol–water partition coefficient (Wildman–Crippen LogP) is -2.97. The minimum Gasteiger partial charge on any atom is -0.370 e. The number of hydrogen-bond donors (Lipinski definition) is 17. The minimum atomic E-state index is -1.55. The minimum absolute atomic E-state index is 0.00874. The van der Waals surface area contributed by atoms with E-state index in [4.69, 9.17) is 28.0 Å². The number of imidazole rings is 1. The fourth-order valence-corrected chi connectivity index (χ4v) is 8.54. The summed E-state index contributed by atoms with van der Waals surface area (Å²) in [6, 6.07) is 6.22. The van der Waals surface area contributed by atoms with Crippen LogP contribution >= 0.6 is 0 Å². The lowest BCUT2D eigenvalue weighted by Crippen LogP contribution is -2.61. The van der Waals surface area contributed by atoms with Gasteiger partial charge >= 0.3 is 0 Å². The number of benzene rings is 2. The quantitative estimate of drug-likeness (QED) is 0.0269. The van der Waals surface area contributed by atoms with Gasteiger partial charge in [-0.15, -0.1) is 0 Å². The van der Waals surface area contributed by atoms with Gasteiger partial charge in [0, 0.05) is 69.1 Å². The molecule has 1 aliphatic rings. The zero-order chi connectivity index (χ0) is 55.9. The van der Waals surface area contributed by atoms with Crippen LogP contribution in [0, 0.1) is 10.8 Å². The number of nitrogens with zero attached hydrogens (tertiary/aromatic N) is 1. The number of hydrogen-bond acceptors (Lipinski definition) is 12. The molecule has 0 saturated carbocycles. The molecule has 1 aliphatic heterocycles. The molecule has 2 aromatic carbocycles. The van der Waals surface area contributed by atoms with Crippen LogP contribution in [0.3, 0.4) is 0 Å². The molecular formula is C50H70N18O9. The van der Waals surface area contributed by atoms with Crippen molar-refractivity contribution in [3.63, 3.8) is 0 Å². The lowest BCUT2D eigenvalue weighted by molar-refractivity contribution is -0.136. The summed E-state index contributed by atoms with van der Waals surface area (Å²) in [4.78, 5) is 135. The number of primary amides is 1. The molecule has 1 saturated heterocycles. The first-order valence-electron chi connectivity index (χ1n) is 25.2. The molecule has 7 atom stereocenters. The standard InChI is InChI=1S/C50H70N18O9/c1-28(69)62-34(16-9-19-58-49(52)53)43(72)63-35-15-7-8-18-57-41(70)24-37(42(51)71)65-47(76)39(22-30-25-60-33-14-6-5-13-32(30)33)67-45(74)36(17-10-20-59-50(54)55)64-46(75)38(21-29-11-3-2-4-12-29)66-48(77)40(68-44(35)73)23-31-26-56-27-61-31/h2-6,11-14,25-27,34-40,60H,7-10,15-24H2,1H3,(H2,51,71)(H,56,61)(H,57,70)(H,62,69)(H,63,72)(H,64,75)(H,65,76)(H,66,77)(H,67,74)(H,68,73)(H4,52,53,58)(H4,54,55,59)/t34-,35-,36-,37-,38+,39-,40-/m0/s1. The summed E-state index contributed by atoms with van der Waals surface area (Å²) < 4.78 is 0. The number of amides is 9. The van der Waals surface area contributed by atoms with Crippen LogP contribution in [-0.4, -0.2) is 142 Å². The van der Waals surface area contributed by atoms with E-state index in [1.807, 2.05) is 18.2 Å². The zero-order valence-electron chi connectivity index (χ0n) is 42.7. The Morgan fingerprint density at radius 3 is 1.99 bits per heavy atom. The molecule has 414 valence electrons. The fraction of sp³-hybridized carbons (Fsp3) is 0.440. The van der Waals surface area contributed by atoms with Crippen molar-refractivity contribution in [2.75, 3.05) is 19.6 Å². The second kappa shape index (κ2) is 29.7. The summed E-state index contributed by atoms with van der Waals surface area (Å²) in [5.41, 5.74) is 18.9. The average Bonchev–Trinajstić information content (AvgIpc) is 4.07. The van der Waals surface area contributed by atoms with Crippen molar-refractivity contribution in [2.45, 2.75) is 120 Å². The van der Waals surface area contributed by atoms with Gasteiger partial charge in [0.1, 0.15) is 42.3 Å². The number of nitrogens with one attached hydrogen (secondary N) is 14. The molecule has 0 bridgehead atoms. The van der Waals surface area contributed by atoms with Gasteiger partial charge in [-0.3, -0.25) is 54.0 Å². The van der Waals surface area contributed by atoms with E-state index in [2.05, 4.69) is 68.1 Å². The SMILES string of the molecule is CC(=O)N[C@@H](CCCNC(=N)N)C(=O)N[C@H]1CCCCNC(=O)C[C@@H](C(N)=O)NC(=O)[C@H](Cc2c[nH]c3ccccc23)NC(=O)[C@H](CCCNC(=N)N)NC(=O)[C@@H](Cc2ccccc2)NC(=O)[C@H](Cc2c[nH]cn2)NC1=O. The number of rotatable bonds is 18. The van der Waals surface area contributed by atoms with E-state index in [1.165, 1.54) is 19.4 Å². The number of guanidine groups is 2. The first-order valence-corrected chi connectivity index (χ1v) is 25.2. The molecule has 4 aromatic rings. The summed E-state index contributed by atoms with van der Waals surface area (Å²) in [6.07, 6.45) is 4.31. The Bertz CT molecular complexity index is 2700. The van der Waals surface area contributed by atoms with Crippen LogP contribution in [0.4, 0.5) is 0 Å². The van der Waals surface area contributed by atoms with Crippen LogP contribution in [0.1, 0.15) is 75.1 Å². The van der Waals surface area contributed by atoms with Gasteiger partial charge in [0.2, 0.25) is 53.2 Å². The Balaban J connectivity index is 1.54. The van der Waals surface area contributed by atoms with E-state index in [1.54, 1.807) is 42.6 Å². The van der Waals surface area contributed by atoms with Crippen LogP contribution < -0.4 is 70.4 Å². The van der Waals surface area contributed by atoms with Gasteiger partial charge in [0.15, 0.2) is 11.9 Å². The van der Waals surface area contributed by atoms with Crippen molar-refractivity contribution in [3.8, 4) is 0 Å². The molecule has 0 aliphatic carbocycles. The highest BCUT2D eigenvalue weighted by Crippen LogP contribution is 2.20. The number of H-pyrrole nitrogens is 2. The summed E-state index contributed by atoms with van der Waals surface area (Å²) in [6.45, 7) is 1.53. The van der Waals surface area contributed by atoms with E-state index < -0.39 is 102 Å². The molecule has 2 aromatic heterocycles. The van der Waals surface area contributed by atoms with Gasteiger partial charge in [0.25, 0.3) is 0 Å². The largest absolute Gasteiger partial charge is 0.370 e. The summed E-state index contributed by atoms with van der Waals surface area (Å²) in [5, 5.41) is 42.5. The second-order valence-corrected chi connectivity index (χ2v) is 18.6. The molecule has 0 unspecified atom stereocenters. The van der Waals surface area contributed by atoms with Crippen molar-refractivity contribution in [1.29, 1.82) is 10.8 Å². The first kappa shape index (κ1) is 58.8. The summed E-state index contributed by atoms with van der Waals surface area (Å²) >= 11 is 0. The Morgan fingerprint density at radius 2 is 1.32 bits per heavy atom. The van der Waals surface area contributed by atoms with Crippen LogP contribution in [0.5, 0.6) is 0 Å². The third kappa shape index (κ3) is 19.6. The van der Waals surface area contributed by atoms with E-state index in [9.17, 15) is 43.2 Å². The lowest BCUT2D eigenvalue weighted by atomic mass is 10.0. The van der Waals surface area contributed by atoms with E-state index in [-0.39, 0.29) is 95.8 Å². The molecule has 3 heterocycles. The maximum Gasteiger partial charge on any atom is 0.243 e. The van der Waals surface area contributed by atoms with E-state index in [0.29, 0.717) is 16.8 Å². The van der Waals surface area contributed by atoms with Gasteiger partial charge in [-0.1, -0.05) is 48.5 Å². The molecule has 9 amide bonds. The van der Waals surface area contributed by atoms with Crippen LogP contribution in [0.25, 0.3) is 10.9 Å². The number of nitrogens with two attached hydrogens (primary N) is 3. The average molecular weight is 1070 g/mol. The Hall–Kier alpha value is -9.04. The van der Waals surface area contributed by atoms with Crippen molar-refractivity contribution < 1.29 is 43.2 Å². The van der Waals surface area contributed by atoms with E-state index >= 15 is 0 Å². The third-order valence-corrected chi connectivity index (χ3v) is 12.5. The number of fused-ring (bicyclic) bond motifs is 1. The number of carbonyl (C=O) groups is 9. The van der Waals surface area contributed by atoms with E-state index in [0.717, 1.165) is 10.9 Å². The van der Waals surface area contributed by atoms with Crippen molar-refractivity contribution in [2.24, 2.45) is 17.2 Å². The van der Waals surface area contributed by atoms with Crippen molar-refractivity contribution >= 4 is 76.0 Å². The molecule has 1 fully saturated rings. The summed E-state index contributed by atoms with van der Waals surface area (Å²) in [7, 11) is 0. The maximum absolute atomic E-state index is 14.7. The molecule has 20 N–H and O–H groups in total. The van der Waals surface area contributed by atoms with Crippen LogP contribution in [-0.2, 0) is 62.4 Å². The van der Waals surface area contributed by atoms with Gasteiger partial charge in [-0.2, -0.15) is 0 Å². The van der Waals surface area contributed by atoms with Gasteiger partial charge < -0.3 is 80.3 Å². The number of aromatic nitrogens is 3. The fourth-order valence-electron chi connectivity index (χ4n) is 8.54. The molecule has 27 heteroatoms. The predicted molar refractivity (Wildman–Crippen MR) is 283 cm³/mol.